The smallest absolute Gasteiger partial charge is 0.419 e. The highest BCUT2D eigenvalue weighted by atomic mass is 19.4. The van der Waals surface area contributed by atoms with Gasteiger partial charge in [-0.15, -0.1) is 0 Å². The Morgan fingerprint density at radius 2 is 2.10 bits per heavy atom. The summed E-state index contributed by atoms with van der Waals surface area (Å²) in [4.78, 5) is 0. The Balaban J connectivity index is 2.82. The van der Waals surface area contributed by atoms with Crippen molar-refractivity contribution in [3.05, 3.63) is 42.0 Å². The number of nitrogens with one attached hydrogen (secondary N) is 1. The second-order valence-electron chi connectivity index (χ2n) is 4.10. The molecule has 0 unspecified atom stereocenters. The quantitative estimate of drug-likeness (QED) is 0.589. The van der Waals surface area contributed by atoms with Gasteiger partial charge in [-0.2, -0.15) is 13.2 Å². The maximum absolute atomic E-state index is 13.0. The standard InChI is InChI=1S/C14H18F3NO2/c1-3-7-20-13-5-4-11(10-18-6-8-19-2)9-12(13)14(15,16)17/h3-5,9,18H,1,6-8,10H2,2H3. The van der Waals surface area contributed by atoms with Gasteiger partial charge in [0.1, 0.15) is 12.4 Å². The van der Waals surface area contributed by atoms with Crippen molar-refractivity contribution in [3.63, 3.8) is 0 Å². The van der Waals surface area contributed by atoms with E-state index in [1.807, 2.05) is 0 Å². The largest absolute Gasteiger partial charge is 0.489 e. The van der Waals surface area contributed by atoms with Crippen molar-refractivity contribution in [2.45, 2.75) is 12.7 Å². The first kappa shape index (κ1) is 16.5. The molecule has 1 aromatic carbocycles. The lowest BCUT2D eigenvalue weighted by molar-refractivity contribution is -0.138. The number of hydrogen-bond acceptors (Lipinski definition) is 3. The molecule has 3 nitrogen and oxygen atoms in total. The van der Waals surface area contributed by atoms with Gasteiger partial charge in [-0.05, 0) is 17.7 Å². The van der Waals surface area contributed by atoms with Gasteiger partial charge in [-0.25, -0.2) is 0 Å². The predicted molar refractivity (Wildman–Crippen MR) is 70.7 cm³/mol. The minimum atomic E-state index is -4.45. The van der Waals surface area contributed by atoms with Crippen LogP contribution in [0, 0.1) is 0 Å². The third-order valence-corrected chi connectivity index (χ3v) is 2.52. The van der Waals surface area contributed by atoms with E-state index in [1.165, 1.54) is 12.1 Å². The summed E-state index contributed by atoms with van der Waals surface area (Å²) in [5.74, 6) is -0.182. The Morgan fingerprint density at radius 1 is 1.35 bits per heavy atom. The van der Waals surface area contributed by atoms with Crippen molar-refractivity contribution in [2.75, 3.05) is 26.9 Å². The van der Waals surface area contributed by atoms with Gasteiger partial charge in [0.15, 0.2) is 0 Å². The second kappa shape index (κ2) is 7.91. The molecule has 0 amide bonds. The summed E-state index contributed by atoms with van der Waals surface area (Å²) in [6.45, 7) is 4.88. The van der Waals surface area contributed by atoms with Crippen LogP contribution in [0.15, 0.2) is 30.9 Å². The fraction of sp³-hybridized carbons (Fsp3) is 0.429. The topological polar surface area (TPSA) is 30.5 Å². The Morgan fingerprint density at radius 3 is 2.70 bits per heavy atom. The van der Waals surface area contributed by atoms with E-state index in [1.54, 1.807) is 13.2 Å². The van der Waals surface area contributed by atoms with Crippen LogP contribution in [-0.4, -0.2) is 26.9 Å². The Hall–Kier alpha value is -1.53. The Labute approximate surface area is 116 Å². The summed E-state index contributed by atoms with van der Waals surface area (Å²) in [5.41, 5.74) is -0.232. The van der Waals surface area contributed by atoms with Gasteiger partial charge in [0.25, 0.3) is 0 Å². The fourth-order valence-corrected chi connectivity index (χ4v) is 1.59. The number of ether oxygens (including phenoxy) is 2. The van der Waals surface area contributed by atoms with Crippen LogP contribution in [0.4, 0.5) is 13.2 Å². The highest BCUT2D eigenvalue weighted by Gasteiger charge is 2.34. The molecule has 1 rings (SSSR count). The van der Waals surface area contributed by atoms with Crippen LogP contribution < -0.4 is 10.1 Å². The summed E-state index contributed by atoms with van der Waals surface area (Å²) < 4.78 is 48.7. The van der Waals surface area contributed by atoms with Gasteiger partial charge in [-0.1, -0.05) is 18.7 Å². The summed E-state index contributed by atoms with van der Waals surface area (Å²) in [7, 11) is 1.56. The highest BCUT2D eigenvalue weighted by molar-refractivity contribution is 5.39. The van der Waals surface area contributed by atoms with E-state index in [9.17, 15) is 13.2 Å². The van der Waals surface area contributed by atoms with Crippen LogP contribution in [0.2, 0.25) is 0 Å². The van der Waals surface area contributed by atoms with E-state index in [4.69, 9.17) is 9.47 Å². The van der Waals surface area contributed by atoms with E-state index >= 15 is 0 Å². The average Bonchev–Trinajstić information content (AvgIpc) is 2.41. The summed E-state index contributed by atoms with van der Waals surface area (Å²) in [6, 6.07) is 4.03. The summed E-state index contributed by atoms with van der Waals surface area (Å²) in [6.07, 6.45) is -3.04. The minimum absolute atomic E-state index is 0.0362. The third kappa shape index (κ3) is 5.22. The van der Waals surface area contributed by atoms with E-state index < -0.39 is 11.7 Å². The molecule has 1 aromatic rings. The molecule has 1 N–H and O–H groups in total. The summed E-state index contributed by atoms with van der Waals surface area (Å²) in [5, 5.41) is 2.99. The average molecular weight is 289 g/mol. The molecule has 20 heavy (non-hydrogen) atoms. The second-order valence-corrected chi connectivity index (χ2v) is 4.10. The van der Waals surface area contributed by atoms with Crippen molar-refractivity contribution >= 4 is 0 Å². The number of hydrogen-bond donors (Lipinski definition) is 1. The van der Waals surface area contributed by atoms with E-state index in [-0.39, 0.29) is 12.4 Å². The summed E-state index contributed by atoms with van der Waals surface area (Å²) >= 11 is 0. The Kier molecular flexibility index (Phi) is 6.54. The zero-order valence-corrected chi connectivity index (χ0v) is 11.3. The number of rotatable bonds is 8. The molecule has 0 aromatic heterocycles. The molecule has 112 valence electrons. The van der Waals surface area contributed by atoms with Gasteiger partial charge in [0.05, 0.1) is 12.2 Å². The third-order valence-electron chi connectivity index (χ3n) is 2.52. The highest BCUT2D eigenvalue weighted by Crippen LogP contribution is 2.36. The molecular weight excluding hydrogens is 271 g/mol. The van der Waals surface area contributed by atoms with Crippen molar-refractivity contribution in [3.8, 4) is 5.75 Å². The zero-order valence-electron chi connectivity index (χ0n) is 11.3. The SMILES string of the molecule is C=CCOc1ccc(CNCCOC)cc1C(F)(F)F. The van der Waals surface area contributed by atoms with Crippen LogP contribution in [-0.2, 0) is 17.5 Å². The van der Waals surface area contributed by atoms with Crippen LogP contribution in [0.25, 0.3) is 0 Å². The molecule has 0 radical (unpaired) electrons. The minimum Gasteiger partial charge on any atom is -0.489 e. The van der Waals surface area contributed by atoms with Crippen molar-refractivity contribution in [1.29, 1.82) is 0 Å². The number of methoxy groups -OCH3 is 1. The number of alkyl halides is 3. The van der Waals surface area contributed by atoms with Crippen LogP contribution in [0.1, 0.15) is 11.1 Å². The zero-order chi connectivity index (χ0) is 15.0. The van der Waals surface area contributed by atoms with Crippen molar-refractivity contribution < 1.29 is 22.6 Å². The molecule has 0 saturated heterocycles. The molecule has 6 heteroatoms. The first-order chi connectivity index (χ1) is 9.49. The molecule has 0 heterocycles. The van der Waals surface area contributed by atoms with Crippen molar-refractivity contribution in [2.24, 2.45) is 0 Å². The van der Waals surface area contributed by atoms with Gasteiger partial charge in [-0.3, -0.25) is 0 Å². The molecule has 0 aliphatic carbocycles. The molecule has 0 saturated carbocycles. The predicted octanol–water partition coefficient (Wildman–Crippen LogP) is 3.01. The maximum atomic E-state index is 13.0. The van der Waals surface area contributed by atoms with Gasteiger partial charge < -0.3 is 14.8 Å². The monoisotopic (exact) mass is 289 g/mol. The lowest BCUT2D eigenvalue weighted by Crippen LogP contribution is -2.19. The first-order valence-electron chi connectivity index (χ1n) is 6.12. The lowest BCUT2D eigenvalue weighted by Gasteiger charge is -2.15. The molecule has 0 aliphatic heterocycles. The van der Waals surface area contributed by atoms with Gasteiger partial charge >= 0.3 is 6.18 Å². The Bertz CT molecular complexity index is 433. The first-order valence-corrected chi connectivity index (χ1v) is 6.12. The van der Waals surface area contributed by atoms with Crippen molar-refractivity contribution in [1.82, 2.24) is 5.32 Å². The normalized spacial score (nSPS) is 11.4. The van der Waals surface area contributed by atoms with Gasteiger partial charge in [0.2, 0.25) is 0 Å². The van der Waals surface area contributed by atoms with E-state index in [0.717, 1.165) is 6.07 Å². The maximum Gasteiger partial charge on any atom is 0.419 e. The van der Waals surface area contributed by atoms with E-state index in [0.29, 0.717) is 25.3 Å². The molecule has 0 fully saturated rings. The van der Waals surface area contributed by atoms with Crippen LogP contribution >= 0.6 is 0 Å². The van der Waals surface area contributed by atoms with E-state index in [2.05, 4.69) is 11.9 Å². The van der Waals surface area contributed by atoms with Gasteiger partial charge in [0, 0.05) is 20.2 Å². The fourth-order valence-electron chi connectivity index (χ4n) is 1.59. The molecule has 0 atom stereocenters. The molecular formula is C14H18F3NO2. The van der Waals surface area contributed by atoms with Crippen LogP contribution in [0.3, 0.4) is 0 Å². The molecule has 0 aliphatic rings. The lowest BCUT2D eigenvalue weighted by atomic mass is 10.1. The van der Waals surface area contributed by atoms with Crippen LogP contribution in [0.5, 0.6) is 5.75 Å². The molecule has 0 spiro atoms. The number of halogens is 3. The molecule has 0 bridgehead atoms. The number of benzene rings is 1.